The number of rotatable bonds is 1. The zero-order valence-corrected chi connectivity index (χ0v) is 9.17. The van der Waals surface area contributed by atoms with E-state index in [9.17, 15) is 0 Å². The van der Waals surface area contributed by atoms with Gasteiger partial charge in [-0.2, -0.15) is 0 Å². The summed E-state index contributed by atoms with van der Waals surface area (Å²) in [4.78, 5) is 7.28. The van der Waals surface area contributed by atoms with Crippen molar-refractivity contribution >= 4 is 11.0 Å². The number of fused-ring (bicyclic) bond motifs is 1. The summed E-state index contributed by atoms with van der Waals surface area (Å²) < 4.78 is 0. The smallest absolute Gasteiger partial charge is 0.137 e. The summed E-state index contributed by atoms with van der Waals surface area (Å²) >= 11 is 0. The van der Waals surface area contributed by atoms with E-state index >= 15 is 0 Å². The number of pyridine rings is 1. The largest absolute Gasteiger partial charge is 0.346 e. The average molecular weight is 190 g/mol. The van der Waals surface area contributed by atoms with E-state index in [1.165, 1.54) is 17.4 Å². The van der Waals surface area contributed by atoms with Gasteiger partial charge in [0.2, 0.25) is 0 Å². The molecule has 0 spiro atoms. The minimum Gasteiger partial charge on any atom is -0.346 e. The number of aryl methyl sites for hydroxylation is 1. The molecule has 0 fully saturated rings. The zero-order valence-electron chi connectivity index (χ0n) is 9.17. The van der Waals surface area contributed by atoms with Crippen LogP contribution >= 0.6 is 0 Å². The molecule has 0 bridgehead atoms. The molecule has 2 heterocycles. The van der Waals surface area contributed by atoms with E-state index < -0.39 is 0 Å². The molecule has 0 saturated heterocycles. The standard InChI is InChI=1S/C9H10N2.C3H8/c1-2-7-3-5-10-9-8(7)4-6-11-9;1-3-2/h3-6H,2H2,1H3,(H,10,11);3H2,1-2H3. The highest BCUT2D eigenvalue weighted by Gasteiger charge is 1.98. The van der Waals surface area contributed by atoms with Crippen molar-refractivity contribution in [3.8, 4) is 0 Å². The van der Waals surface area contributed by atoms with Crippen LogP contribution in [0.1, 0.15) is 32.8 Å². The van der Waals surface area contributed by atoms with Crippen LogP contribution in [0.4, 0.5) is 0 Å². The predicted molar refractivity (Wildman–Crippen MR) is 61.4 cm³/mol. The van der Waals surface area contributed by atoms with Gasteiger partial charge in [0.1, 0.15) is 5.65 Å². The van der Waals surface area contributed by atoms with Gasteiger partial charge in [0.25, 0.3) is 0 Å². The molecular weight excluding hydrogens is 172 g/mol. The number of hydrogen-bond donors (Lipinski definition) is 1. The van der Waals surface area contributed by atoms with Gasteiger partial charge in [0.05, 0.1) is 0 Å². The molecule has 2 aromatic rings. The predicted octanol–water partition coefficient (Wildman–Crippen LogP) is 3.54. The second-order valence-corrected chi connectivity index (χ2v) is 3.27. The Hall–Kier alpha value is -1.31. The minimum absolute atomic E-state index is 0.990. The highest BCUT2D eigenvalue weighted by molar-refractivity contribution is 5.78. The quantitative estimate of drug-likeness (QED) is 0.732. The maximum atomic E-state index is 4.19. The first-order valence-corrected chi connectivity index (χ1v) is 5.24. The first-order valence-electron chi connectivity index (χ1n) is 5.24. The van der Waals surface area contributed by atoms with Crippen molar-refractivity contribution in [2.24, 2.45) is 0 Å². The van der Waals surface area contributed by atoms with Crippen molar-refractivity contribution in [1.29, 1.82) is 0 Å². The molecule has 0 aliphatic rings. The van der Waals surface area contributed by atoms with Crippen molar-refractivity contribution in [2.75, 3.05) is 0 Å². The van der Waals surface area contributed by atoms with Gasteiger partial charge >= 0.3 is 0 Å². The molecule has 1 N–H and O–H groups in total. The molecule has 2 nitrogen and oxygen atoms in total. The van der Waals surface area contributed by atoms with Crippen LogP contribution in [0.15, 0.2) is 24.5 Å². The van der Waals surface area contributed by atoms with Gasteiger partial charge in [-0.05, 0) is 24.1 Å². The normalized spacial score (nSPS) is 9.64. The Morgan fingerprint density at radius 2 is 1.93 bits per heavy atom. The fourth-order valence-corrected chi connectivity index (χ4v) is 1.33. The highest BCUT2D eigenvalue weighted by Crippen LogP contribution is 2.14. The molecule has 2 heteroatoms. The van der Waals surface area contributed by atoms with Crippen LogP contribution in [-0.2, 0) is 6.42 Å². The summed E-state index contributed by atoms with van der Waals surface area (Å²) in [5.74, 6) is 0. The molecule has 0 aliphatic carbocycles. The fourth-order valence-electron chi connectivity index (χ4n) is 1.33. The average Bonchev–Trinajstić information content (AvgIpc) is 2.66. The SMILES string of the molecule is CCC.CCc1ccnc2[nH]ccc12. The molecule has 0 unspecified atom stereocenters. The maximum Gasteiger partial charge on any atom is 0.137 e. The Balaban J connectivity index is 0.000000293. The Morgan fingerprint density at radius 1 is 1.21 bits per heavy atom. The molecule has 2 rings (SSSR count). The van der Waals surface area contributed by atoms with Crippen molar-refractivity contribution < 1.29 is 0 Å². The summed E-state index contributed by atoms with van der Waals surface area (Å²) in [5, 5.41) is 1.25. The summed E-state index contributed by atoms with van der Waals surface area (Å²) in [6.07, 6.45) is 6.09. The number of hydrogen-bond acceptors (Lipinski definition) is 1. The number of nitrogens with one attached hydrogen (secondary N) is 1. The van der Waals surface area contributed by atoms with Crippen molar-refractivity contribution in [2.45, 2.75) is 33.6 Å². The lowest BCUT2D eigenvalue weighted by Crippen LogP contribution is -1.82. The summed E-state index contributed by atoms with van der Waals surface area (Å²) in [7, 11) is 0. The van der Waals surface area contributed by atoms with E-state index in [1.54, 1.807) is 0 Å². The van der Waals surface area contributed by atoms with Crippen molar-refractivity contribution in [1.82, 2.24) is 9.97 Å². The van der Waals surface area contributed by atoms with E-state index in [0.29, 0.717) is 0 Å². The molecule has 0 aliphatic heterocycles. The molecular formula is C12H18N2. The van der Waals surface area contributed by atoms with Gasteiger partial charge in [-0.3, -0.25) is 0 Å². The molecule has 0 saturated carbocycles. The van der Waals surface area contributed by atoms with Crippen molar-refractivity contribution in [3.63, 3.8) is 0 Å². The van der Waals surface area contributed by atoms with E-state index in [4.69, 9.17) is 0 Å². The second-order valence-electron chi connectivity index (χ2n) is 3.27. The van der Waals surface area contributed by atoms with E-state index in [1.807, 2.05) is 12.4 Å². The maximum absolute atomic E-state index is 4.19. The number of aromatic amines is 1. The van der Waals surface area contributed by atoms with Gasteiger partial charge in [-0.15, -0.1) is 0 Å². The van der Waals surface area contributed by atoms with E-state index in [0.717, 1.165) is 12.1 Å². The third-order valence-corrected chi connectivity index (χ3v) is 1.93. The fraction of sp³-hybridized carbons (Fsp3) is 0.417. The molecule has 0 atom stereocenters. The first-order chi connectivity index (χ1) is 6.83. The van der Waals surface area contributed by atoms with Gasteiger partial charge in [0.15, 0.2) is 0 Å². The Labute approximate surface area is 85.4 Å². The summed E-state index contributed by atoms with van der Waals surface area (Å²) in [6, 6.07) is 4.14. The lowest BCUT2D eigenvalue weighted by atomic mass is 10.1. The summed E-state index contributed by atoms with van der Waals surface area (Å²) in [5.41, 5.74) is 2.35. The van der Waals surface area contributed by atoms with Crippen LogP contribution in [0.3, 0.4) is 0 Å². The topological polar surface area (TPSA) is 28.7 Å². The Morgan fingerprint density at radius 3 is 2.57 bits per heavy atom. The monoisotopic (exact) mass is 190 g/mol. The Kier molecular flexibility index (Phi) is 4.17. The molecule has 0 radical (unpaired) electrons. The van der Waals surface area contributed by atoms with Crippen LogP contribution in [0.5, 0.6) is 0 Å². The van der Waals surface area contributed by atoms with Crippen LogP contribution in [-0.4, -0.2) is 9.97 Å². The third-order valence-electron chi connectivity index (χ3n) is 1.93. The van der Waals surface area contributed by atoms with Gasteiger partial charge in [0, 0.05) is 17.8 Å². The van der Waals surface area contributed by atoms with Gasteiger partial charge < -0.3 is 4.98 Å². The number of H-pyrrole nitrogens is 1. The third kappa shape index (κ3) is 2.34. The number of aromatic nitrogens is 2. The Bertz CT molecular complexity index is 376. The van der Waals surface area contributed by atoms with Crippen LogP contribution in [0.25, 0.3) is 11.0 Å². The molecule has 76 valence electrons. The van der Waals surface area contributed by atoms with Crippen LogP contribution in [0.2, 0.25) is 0 Å². The lowest BCUT2D eigenvalue weighted by Gasteiger charge is -1.95. The molecule has 0 aromatic carbocycles. The van der Waals surface area contributed by atoms with Gasteiger partial charge in [-0.1, -0.05) is 27.2 Å². The first kappa shape index (κ1) is 10.8. The number of nitrogens with zero attached hydrogens (tertiary/aromatic N) is 1. The van der Waals surface area contributed by atoms with E-state index in [-0.39, 0.29) is 0 Å². The van der Waals surface area contributed by atoms with Gasteiger partial charge in [-0.25, -0.2) is 4.98 Å². The molecule has 2 aromatic heterocycles. The minimum atomic E-state index is 0.990. The molecule has 14 heavy (non-hydrogen) atoms. The zero-order chi connectivity index (χ0) is 10.4. The van der Waals surface area contributed by atoms with E-state index in [2.05, 4.69) is 42.9 Å². The molecule has 0 amide bonds. The highest BCUT2D eigenvalue weighted by atomic mass is 14.8. The van der Waals surface area contributed by atoms with Crippen LogP contribution < -0.4 is 0 Å². The second kappa shape index (κ2) is 5.43. The van der Waals surface area contributed by atoms with Crippen LogP contribution in [0, 0.1) is 0 Å². The lowest BCUT2D eigenvalue weighted by molar-refractivity contribution is 1.09. The van der Waals surface area contributed by atoms with Crippen molar-refractivity contribution in [3.05, 3.63) is 30.1 Å². The summed E-state index contributed by atoms with van der Waals surface area (Å²) in [6.45, 7) is 6.40.